The summed E-state index contributed by atoms with van der Waals surface area (Å²) < 4.78 is 0.996. The quantitative estimate of drug-likeness (QED) is 0.596. The van der Waals surface area contributed by atoms with Crippen molar-refractivity contribution in [2.24, 2.45) is 0 Å². The molecule has 0 saturated carbocycles. The zero-order valence-electron chi connectivity index (χ0n) is 12.4. The fourth-order valence-electron chi connectivity index (χ4n) is 2.32. The Morgan fingerprint density at radius 1 is 1.13 bits per heavy atom. The van der Waals surface area contributed by atoms with E-state index in [0.29, 0.717) is 10.6 Å². The molecule has 3 rings (SSSR count). The van der Waals surface area contributed by atoms with E-state index < -0.39 is 0 Å². The average molecular weight is 390 g/mol. The number of aromatic amines is 1. The van der Waals surface area contributed by atoms with Gasteiger partial charge >= 0.3 is 0 Å². The lowest BCUT2D eigenvalue weighted by atomic mass is 10.1. The second-order valence-corrected chi connectivity index (χ2v) is 6.51. The third kappa shape index (κ3) is 3.66. The standard InChI is InChI=1S/C18H14BrClN2O/c1-11-9-16(19)17(21-11)13-3-2-4-15(10-13)22-18(23)12-5-7-14(20)8-6-12/h2-10,21H,1H3,(H,22,23). The number of hydrogen-bond donors (Lipinski definition) is 2. The molecule has 1 amide bonds. The molecule has 0 aliphatic heterocycles. The lowest BCUT2D eigenvalue weighted by molar-refractivity contribution is 0.102. The minimum Gasteiger partial charge on any atom is -0.358 e. The maximum Gasteiger partial charge on any atom is 0.255 e. The smallest absolute Gasteiger partial charge is 0.255 e. The van der Waals surface area contributed by atoms with Crippen LogP contribution in [0.25, 0.3) is 11.3 Å². The monoisotopic (exact) mass is 388 g/mol. The van der Waals surface area contributed by atoms with Gasteiger partial charge in [0.25, 0.3) is 5.91 Å². The number of anilines is 1. The average Bonchev–Trinajstić information content (AvgIpc) is 2.87. The minimum atomic E-state index is -0.166. The summed E-state index contributed by atoms with van der Waals surface area (Å²) in [5.74, 6) is -0.166. The molecule has 0 aliphatic carbocycles. The van der Waals surface area contributed by atoms with Crippen LogP contribution in [0.2, 0.25) is 5.02 Å². The van der Waals surface area contributed by atoms with E-state index in [-0.39, 0.29) is 5.91 Å². The number of benzene rings is 2. The van der Waals surface area contributed by atoms with Crippen molar-refractivity contribution in [2.75, 3.05) is 5.32 Å². The van der Waals surface area contributed by atoms with Crippen LogP contribution in [-0.4, -0.2) is 10.9 Å². The summed E-state index contributed by atoms with van der Waals surface area (Å²) in [5, 5.41) is 3.51. The topological polar surface area (TPSA) is 44.9 Å². The molecule has 3 aromatic rings. The number of hydrogen-bond acceptors (Lipinski definition) is 1. The highest BCUT2D eigenvalue weighted by Gasteiger charge is 2.09. The molecular weight excluding hydrogens is 376 g/mol. The van der Waals surface area contributed by atoms with Gasteiger partial charge in [0.05, 0.1) is 5.69 Å². The first-order valence-electron chi connectivity index (χ1n) is 7.05. The number of amides is 1. The van der Waals surface area contributed by atoms with Crippen LogP contribution in [0.1, 0.15) is 16.1 Å². The van der Waals surface area contributed by atoms with Crippen molar-refractivity contribution in [2.45, 2.75) is 6.92 Å². The second kappa shape index (κ2) is 6.60. The van der Waals surface area contributed by atoms with Gasteiger partial charge in [0.15, 0.2) is 0 Å². The highest BCUT2D eigenvalue weighted by atomic mass is 79.9. The molecule has 23 heavy (non-hydrogen) atoms. The van der Waals surface area contributed by atoms with Gasteiger partial charge in [0, 0.05) is 32.0 Å². The summed E-state index contributed by atoms with van der Waals surface area (Å²) in [6, 6.07) is 16.5. The molecule has 0 radical (unpaired) electrons. The molecular formula is C18H14BrClN2O. The number of aromatic nitrogens is 1. The Balaban J connectivity index is 1.84. The predicted molar refractivity (Wildman–Crippen MR) is 98.1 cm³/mol. The lowest BCUT2D eigenvalue weighted by Gasteiger charge is -2.07. The van der Waals surface area contributed by atoms with Crippen LogP contribution in [0.5, 0.6) is 0 Å². The number of carbonyl (C=O) groups excluding carboxylic acids is 1. The summed E-state index contributed by atoms with van der Waals surface area (Å²) in [7, 11) is 0. The Kier molecular flexibility index (Phi) is 4.55. The van der Waals surface area contributed by atoms with Gasteiger partial charge in [-0.15, -0.1) is 0 Å². The van der Waals surface area contributed by atoms with E-state index in [2.05, 4.69) is 26.2 Å². The van der Waals surface area contributed by atoms with Crippen LogP contribution in [-0.2, 0) is 0 Å². The molecule has 5 heteroatoms. The molecule has 2 N–H and O–H groups in total. The largest absolute Gasteiger partial charge is 0.358 e. The van der Waals surface area contributed by atoms with Crippen LogP contribution in [0.15, 0.2) is 59.1 Å². The van der Waals surface area contributed by atoms with E-state index in [9.17, 15) is 4.79 Å². The molecule has 0 unspecified atom stereocenters. The van der Waals surface area contributed by atoms with Crippen molar-refractivity contribution < 1.29 is 4.79 Å². The van der Waals surface area contributed by atoms with Gasteiger partial charge in [-0.05, 0) is 65.3 Å². The highest BCUT2D eigenvalue weighted by Crippen LogP contribution is 2.30. The van der Waals surface area contributed by atoms with E-state index in [0.717, 1.165) is 27.1 Å². The van der Waals surface area contributed by atoms with Crippen LogP contribution >= 0.6 is 27.5 Å². The number of carbonyl (C=O) groups is 1. The summed E-state index contributed by atoms with van der Waals surface area (Å²) in [6.07, 6.45) is 0. The van der Waals surface area contributed by atoms with E-state index >= 15 is 0 Å². The lowest BCUT2D eigenvalue weighted by Crippen LogP contribution is -2.11. The molecule has 0 aliphatic rings. The fraction of sp³-hybridized carbons (Fsp3) is 0.0556. The zero-order valence-corrected chi connectivity index (χ0v) is 14.7. The maximum atomic E-state index is 12.3. The summed E-state index contributed by atoms with van der Waals surface area (Å²) >= 11 is 9.38. The minimum absolute atomic E-state index is 0.166. The van der Waals surface area contributed by atoms with Gasteiger partial charge in [-0.1, -0.05) is 23.7 Å². The summed E-state index contributed by atoms with van der Waals surface area (Å²) in [4.78, 5) is 15.6. The predicted octanol–water partition coefficient (Wildman–Crippen LogP) is 5.66. The van der Waals surface area contributed by atoms with E-state index in [1.807, 2.05) is 37.3 Å². The number of nitrogens with one attached hydrogen (secondary N) is 2. The molecule has 2 aromatic carbocycles. The number of halogens is 2. The molecule has 1 heterocycles. The molecule has 0 spiro atoms. The van der Waals surface area contributed by atoms with Crippen LogP contribution in [0.3, 0.4) is 0 Å². The van der Waals surface area contributed by atoms with E-state index in [1.165, 1.54) is 0 Å². The molecule has 116 valence electrons. The van der Waals surface area contributed by atoms with Crippen molar-refractivity contribution in [3.05, 3.63) is 75.4 Å². The van der Waals surface area contributed by atoms with Gasteiger partial charge in [-0.2, -0.15) is 0 Å². The first-order valence-corrected chi connectivity index (χ1v) is 8.22. The van der Waals surface area contributed by atoms with Crippen LogP contribution in [0, 0.1) is 6.92 Å². The normalized spacial score (nSPS) is 10.6. The van der Waals surface area contributed by atoms with Gasteiger partial charge in [-0.3, -0.25) is 4.79 Å². The third-order valence-electron chi connectivity index (χ3n) is 3.42. The number of aryl methyl sites for hydroxylation is 1. The van der Waals surface area contributed by atoms with E-state index in [4.69, 9.17) is 11.6 Å². The van der Waals surface area contributed by atoms with Crippen molar-refractivity contribution in [1.29, 1.82) is 0 Å². The Labute approximate surface area is 147 Å². The molecule has 3 nitrogen and oxygen atoms in total. The van der Waals surface area contributed by atoms with Crippen molar-refractivity contribution in [3.8, 4) is 11.3 Å². The van der Waals surface area contributed by atoms with E-state index in [1.54, 1.807) is 24.3 Å². The van der Waals surface area contributed by atoms with Gasteiger partial charge < -0.3 is 10.3 Å². The Morgan fingerprint density at radius 3 is 2.52 bits per heavy atom. The number of rotatable bonds is 3. The van der Waals surface area contributed by atoms with Crippen LogP contribution < -0.4 is 5.32 Å². The summed E-state index contributed by atoms with van der Waals surface area (Å²) in [5.41, 5.74) is 4.37. The molecule has 1 aromatic heterocycles. The molecule has 0 bridgehead atoms. The van der Waals surface area contributed by atoms with Gasteiger partial charge in [0.2, 0.25) is 0 Å². The maximum absolute atomic E-state index is 12.3. The summed E-state index contributed by atoms with van der Waals surface area (Å²) in [6.45, 7) is 2.00. The molecule has 0 atom stereocenters. The first kappa shape index (κ1) is 15.8. The van der Waals surface area contributed by atoms with Gasteiger partial charge in [0.1, 0.15) is 0 Å². The van der Waals surface area contributed by atoms with Crippen molar-refractivity contribution >= 4 is 39.1 Å². The van der Waals surface area contributed by atoms with Crippen LogP contribution in [0.4, 0.5) is 5.69 Å². The SMILES string of the molecule is Cc1cc(Br)c(-c2cccc(NC(=O)c3ccc(Cl)cc3)c2)[nH]1. The second-order valence-electron chi connectivity index (χ2n) is 5.22. The number of H-pyrrole nitrogens is 1. The fourth-order valence-corrected chi connectivity index (χ4v) is 3.12. The Morgan fingerprint density at radius 2 is 1.87 bits per heavy atom. The first-order chi connectivity index (χ1) is 11.0. The Bertz CT molecular complexity index is 856. The molecule has 0 fully saturated rings. The van der Waals surface area contributed by atoms with Crippen molar-refractivity contribution in [1.82, 2.24) is 4.98 Å². The van der Waals surface area contributed by atoms with Gasteiger partial charge in [-0.25, -0.2) is 0 Å². The zero-order chi connectivity index (χ0) is 16.4. The third-order valence-corrected chi connectivity index (χ3v) is 4.30. The van der Waals surface area contributed by atoms with Crippen molar-refractivity contribution in [3.63, 3.8) is 0 Å². The highest BCUT2D eigenvalue weighted by molar-refractivity contribution is 9.10. The Hall–Kier alpha value is -2.04. The molecule has 0 saturated heterocycles.